The lowest BCUT2D eigenvalue weighted by Crippen LogP contribution is -2.52. The molecule has 9 heteroatoms. The molecule has 3 amide bonds. The smallest absolute Gasteiger partial charge is 0.252 e. The van der Waals surface area contributed by atoms with Gasteiger partial charge in [0.05, 0.1) is 6.04 Å². The highest BCUT2D eigenvalue weighted by Crippen LogP contribution is 2.23. The topological polar surface area (TPSA) is 122 Å². The third kappa shape index (κ3) is 6.57. The molecule has 3 aromatic carbocycles. The summed E-state index contributed by atoms with van der Waals surface area (Å²) in [6.45, 7) is 0. The van der Waals surface area contributed by atoms with E-state index in [0.29, 0.717) is 26.7 Å². The Kier molecular flexibility index (Phi) is 8.65. The van der Waals surface area contributed by atoms with Gasteiger partial charge in [-0.25, -0.2) is 0 Å². The lowest BCUT2D eigenvalue weighted by Gasteiger charge is -2.26. The minimum atomic E-state index is -1.71. The van der Waals surface area contributed by atoms with Crippen LogP contribution in [0.1, 0.15) is 27.5 Å². The average Bonchev–Trinajstić information content (AvgIpc) is 2.84. The van der Waals surface area contributed by atoms with E-state index >= 15 is 0 Å². The number of amides is 3. The number of halogens is 2. The lowest BCUT2D eigenvalue weighted by atomic mass is 9.99. The predicted octanol–water partition coefficient (Wildman–Crippen LogP) is 3.04. The van der Waals surface area contributed by atoms with Crippen molar-refractivity contribution in [2.24, 2.45) is 5.73 Å². The highest BCUT2D eigenvalue weighted by molar-refractivity contribution is 6.35. The minimum Gasteiger partial charge on any atom is -0.381 e. The van der Waals surface area contributed by atoms with E-state index in [1.54, 1.807) is 72.8 Å². The van der Waals surface area contributed by atoms with Gasteiger partial charge in [0.2, 0.25) is 5.91 Å². The first-order chi connectivity index (χ1) is 16.3. The Morgan fingerprint density at radius 1 is 0.882 bits per heavy atom. The van der Waals surface area contributed by atoms with Crippen LogP contribution in [0, 0.1) is 0 Å². The van der Waals surface area contributed by atoms with E-state index in [1.165, 1.54) is 6.07 Å². The van der Waals surface area contributed by atoms with Gasteiger partial charge in [-0.2, -0.15) is 0 Å². The molecular weight excluding hydrogens is 477 g/mol. The molecule has 7 nitrogen and oxygen atoms in total. The van der Waals surface area contributed by atoms with E-state index in [0.717, 1.165) is 0 Å². The Morgan fingerprint density at radius 2 is 1.50 bits per heavy atom. The maximum Gasteiger partial charge on any atom is 0.252 e. The Hall–Kier alpha value is -3.39. The minimum absolute atomic E-state index is 0.00380. The maximum absolute atomic E-state index is 12.9. The van der Waals surface area contributed by atoms with Gasteiger partial charge in [0.25, 0.3) is 11.8 Å². The molecule has 0 saturated heterocycles. The summed E-state index contributed by atoms with van der Waals surface area (Å²) >= 11 is 12.1. The van der Waals surface area contributed by atoms with Gasteiger partial charge in [-0.05, 0) is 35.4 Å². The van der Waals surface area contributed by atoms with E-state index in [2.05, 4.69) is 10.6 Å². The third-order valence-electron chi connectivity index (χ3n) is 5.16. The lowest BCUT2D eigenvalue weighted by molar-refractivity contribution is -0.134. The van der Waals surface area contributed by atoms with Crippen LogP contribution < -0.4 is 16.4 Å². The number of nitrogens with two attached hydrogens (primary N) is 1. The first-order valence-electron chi connectivity index (χ1n) is 10.4. The highest BCUT2D eigenvalue weighted by Gasteiger charge is 2.32. The van der Waals surface area contributed by atoms with Gasteiger partial charge in [-0.1, -0.05) is 77.8 Å². The fourth-order valence-corrected chi connectivity index (χ4v) is 3.84. The number of hydrogen-bond donors (Lipinski definition) is 4. The zero-order valence-corrected chi connectivity index (χ0v) is 19.5. The van der Waals surface area contributed by atoms with E-state index < -0.39 is 35.9 Å². The zero-order valence-electron chi connectivity index (χ0n) is 17.9. The Morgan fingerprint density at radius 3 is 2.09 bits per heavy atom. The molecule has 34 heavy (non-hydrogen) atoms. The molecular formula is C25H23Cl2N3O4. The van der Waals surface area contributed by atoms with Crippen molar-refractivity contribution in [3.05, 3.63) is 106 Å². The number of nitrogens with one attached hydrogen (secondary N) is 2. The van der Waals surface area contributed by atoms with Gasteiger partial charge in [-0.15, -0.1) is 0 Å². The van der Waals surface area contributed by atoms with Crippen molar-refractivity contribution in [2.75, 3.05) is 0 Å². The molecule has 0 saturated carbocycles. The Bertz CT molecular complexity index is 1160. The quantitative estimate of drug-likeness (QED) is 0.361. The molecule has 3 atom stereocenters. The summed E-state index contributed by atoms with van der Waals surface area (Å²) in [6.07, 6.45) is -1.71. The van der Waals surface area contributed by atoms with Crippen LogP contribution in [0.3, 0.4) is 0 Å². The molecule has 3 rings (SSSR count). The number of primary amides is 1. The van der Waals surface area contributed by atoms with E-state index in [-0.39, 0.29) is 6.42 Å². The molecule has 0 heterocycles. The summed E-state index contributed by atoms with van der Waals surface area (Å²) in [5.41, 5.74) is 6.90. The summed E-state index contributed by atoms with van der Waals surface area (Å²) in [6, 6.07) is 19.5. The standard InChI is InChI=1S/C25H23Cl2N3O4/c26-18-12-11-17(19(27)14-18)13-20(23(28)32)29-25(34)22(31)21(15-7-3-1-4-8-15)30-24(33)16-9-5-2-6-10-16/h1-12,14,20-22,31H,13H2,(H2,28,32)(H,29,34)(H,30,33)/t20-,21-,22+/m0/s1. The van der Waals surface area contributed by atoms with E-state index in [4.69, 9.17) is 28.9 Å². The Balaban J connectivity index is 1.80. The molecule has 0 radical (unpaired) electrons. The van der Waals surface area contributed by atoms with E-state index in [1.807, 2.05) is 0 Å². The second-order valence-corrected chi connectivity index (χ2v) is 8.42. The molecule has 0 aromatic heterocycles. The molecule has 5 N–H and O–H groups in total. The number of carbonyl (C=O) groups is 3. The number of carbonyl (C=O) groups excluding carboxylic acids is 3. The molecule has 0 fully saturated rings. The summed E-state index contributed by atoms with van der Waals surface area (Å²) in [5.74, 6) is -2.16. The summed E-state index contributed by atoms with van der Waals surface area (Å²) in [4.78, 5) is 37.7. The molecule has 0 aliphatic carbocycles. The normalized spacial score (nSPS) is 13.4. The predicted molar refractivity (Wildman–Crippen MR) is 130 cm³/mol. The molecule has 3 aromatic rings. The van der Waals surface area contributed by atoms with Crippen molar-refractivity contribution in [2.45, 2.75) is 24.6 Å². The second kappa shape index (κ2) is 11.7. The van der Waals surface area contributed by atoms with Crippen LogP contribution >= 0.6 is 23.2 Å². The highest BCUT2D eigenvalue weighted by atomic mass is 35.5. The van der Waals surface area contributed by atoms with Gasteiger partial charge in [0, 0.05) is 22.0 Å². The number of aliphatic hydroxyl groups is 1. The first-order valence-corrected chi connectivity index (χ1v) is 11.1. The molecule has 0 bridgehead atoms. The number of hydrogen-bond acceptors (Lipinski definition) is 4. The van der Waals surface area contributed by atoms with Crippen molar-refractivity contribution in [3.63, 3.8) is 0 Å². The fraction of sp³-hybridized carbons (Fsp3) is 0.160. The van der Waals surface area contributed by atoms with Gasteiger partial charge >= 0.3 is 0 Å². The van der Waals surface area contributed by atoms with Gasteiger partial charge < -0.3 is 21.5 Å². The summed E-state index contributed by atoms with van der Waals surface area (Å²) in [7, 11) is 0. The average molecular weight is 500 g/mol. The van der Waals surface area contributed by atoms with Crippen LogP contribution in [0.2, 0.25) is 10.0 Å². The van der Waals surface area contributed by atoms with Crippen molar-refractivity contribution in [1.29, 1.82) is 0 Å². The van der Waals surface area contributed by atoms with Crippen LogP contribution in [-0.2, 0) is 16.0 Å². The maximum atomic E-state index is 12.9. The summed E-state index contributed by atoms with van der Waals surface area (Å²) in [5, 5.41) is 16.8. The fourth-order valence-electron chi connectivity index (χ4n) is 3.36. The molecule has 0 aliphatic heterocycles. The third-order valence-corrected chi connectivity index (χ3v) is 5.75. The van der Waals surface area contributed by atoms with Crippen molar-refractivity contribution in [3.8, 4) is 0 Å². The molecule has 0 unspecified atom stereocenters. The monoisotopic (exact) mass is 499 g/mol. The largest absolute Gasteiger partial charge is 0.381 e. The zero-order chi connectivity index (χ0) is 24.7. The van der Waals surface area contributed by atoms with Crippen molar-refractivity contribution >= 4 is 40.9 Å². The number of rotatable bonds is 9. The van der Waals surface area contributed by atoms with Crippen LogP contribution in [0.25, 0.3) is 0 Å². The van der Waals surface area contributed by atoms with Crippen molar-refractivity contribution in [1.82, 2.24) is 10.6 Å². The van der Waals surface area contributed by atoms with Crippen LogP contribution in [0.5, 0.6) is 0 Å². The van der Waals surface area contributed by atoms with Crippen LogP contribution in [0.15, 0.2) is 78.9 Å². The second-order valence-electron chi connectivity index (χ2n) is 7.58. The van der Waals surface area contributed by atoms with Crippen molar-refractivity contribution < 1.29 is 19.5 Å². The molecule has 0 spiro atoms. The first kappa shape index (κ1) is 25.2. The van der Waals surface area contributed by atoms with Gasteiger partial charge in [0.1, 0.15) is 6.04 Å². The van der Waals surface area contributed by atoms with Gasteiger partial charge in [-0.3, -0.25) is 14.4 Å². The number of aliphatic hydroxyl groups excluding tert-OH is 1. The number of benzene rings is 3. The van der Waals surface area contributed by atoms with Crippen LogP contribution in [-0.4, -0.2) is 35.0 Å². The summed E-state index contributed by atoms with van der Waals surface area (Å²) < 4.78 is 0. The van der Waals surface area contributed by atoms with Crippen LogP contribution in [0.4, 0.5) is 0 Å². The Labute approximate surface area is 206 Å². The molecule has 176 valence electrons. The molecule has 0 aliphatic rings. The SMILES string of the molecule is NC(=O)[C@H](Cc1ccc(Cl)cc1Cl)NC(=O)[C@H](O)[C@@H](NC(=O)c1ccccc1)c1ccccc1. The van der Waals surface area contributed by atoms with E-state index in [9.17, 15) is 19.5 Å². The van der Waals surface area contributed by atoms with Gasteiger partial charge in [0.15, 0.2) is 6.10 Å².